The minimum atomic E-state index is -0.342. The number of esters is 1. The highest BCUT2D eigenvalue weighted by Crippen LogP contribution is 2.26. The highest BCUT2D eigenvalue weighted by atomic mass is 32.1. The number of ether oxygens (including phenoxy) is 2. The average Bonchev–Trinajstić information content (AvgIpc) is 3.10. The van der Waals surface area contributed by atoms with Crippen LogP contribution in [-0.2, 0) is 33.6 Å². The van der Waals surface area contributed by atoms with Crippen molar-refractivity contribution in [3.05, 3.63) is 76.2 Å². The maximum Gasteiger partial charge on any atom is 0.311 e. The van der Waals surface area contributed by atoms with Crippen molar-refractivity contribution in [2.75, 3.05) is 7.11 Å². The first-order valence-electron chi connectivity index (χ1n) is 8.46. The van der Waals surface area contributed by atoms with Crippen LogP contribution in [0.3, 0.4) is 0 Å². The molecule has 1 heterocycles. The van der Waals surface area contributed by atoms with E-state index in [4.69, 9.17) is 4.74 Å². The molecule has 1 aromatic heterocycles. The molecule has 6 heteroatoms. The number of hydrogen-bond donors (Lipinski definition) is 0. The number of methoxy groups -OCH3 is 1. The predicted octanol–water partition coefficient (Wildman–Crippen LogP) is 4.01. The van der Waals surface area contributed by atoms with E-state index in [0.29, 0.717) is 16.5 Å². The third kappa shape index (κ3) is 5.49. The summed E-state index contributed by atoms with van der Waals surface area (Å²) in [5, 5.41) is 2.48. The molecule has 3 aromatic rings. The lowest BCUT2D eigenvalue weighted by Gasteiger charge is -2.10. The van der Waals surface area contributed by atoms with Gasteiger partial charge in [0.05, 0.1) is 25.6 Å². The maximum absolute atomic E-state index is 12.5. The number of ketones is 1. The van der Waals surface area contributed by atoms with Crippen molar-refractivity contribution >= 4 is 23.1 Å². The van der Waals surface area contributed by atoms with E-state index in [1.807, 2.05) is 54.6 Å². The first-order chi connectivity index (χ1) is 13.1. The van der Waals surface area contributed by atoms with Gasteiger partial charge in [-0.2, -0.15) is 0 Å². The van der Waals surface area contributed by atoms with Gasteiger partial charge in [0.25, 0.3) is 0 Å². The molecule has 0 aliphatic carbocycles. The Kier molecular flexibility index (Phi) is 6.33. The zero-order valence-electron chi connectivity index (χ0n) is 14.9. The Labute approximate surface area is 161 Å². The molecule has 0 aliphatic rings. The second kappa shape index (κ2) is 9.09. The van der Waals surface area contributed by atoms with E-state index in [1.54, 1.807) is 5.38 Å². The second-order valence-electron chi connectivity index (χ2n) is 5.90. The SMILES string of the molecule is COC(=O)Cc1csc(CC(=O)Cc2ccccc2Oc2ccccc2)n1. The van der Waals surface area contributed by atoms with Crippen LogP contribution in [0.4, 0.5) is 0 Å². The lowest BCUT2D eigenvalue weighted by Crippen LogP contribution is -2.08. The molecule has 0 unspecified atom stereocenters. The first kappa shape index (κ1) is 18.8. The molecule has 27 heavy (non-hydrogen) atoms. The molecule has 0 saturated heterocycles. The Morgan fingerprint density at radius 2 is 1.70 bits per heavy atom. The Hall–Kier alpha value is -2.99. The van der Waals surface area contributed by atoms with Gasteiger partial charge in [-0.15, -0.1) is 11.3 Å². The molecule has 0 aliphatic heterocycles. The van der Waals surface area contributed by atoms with E-state index in [0.717, 1.165) is 11.3 Å². The number of carbonyl (C=O) groups excluding carboxylic acids is 2. The highest BCUT2D eigenvalue weighted by molar-refractivity contribution is 7.09. The van der Waals surface area contributed by atoms with Crippen LogP contribution >= 0.6 is 11.3 Å². The number of carbonyl (C=O) groups is 2. The summed E-state index contributed by atoms with van der Waals surface area (Å²) >= 11 is 1.38. The Morgan fingerprint density at radius 3 is 2.48 bits per heavy atom. The Morgan fingerprint density at radius 1 is 0.963 bits per heavy atom. The lowest BCUT2D eigenvalue weighted by atomic mass is 10.1. The molecule has 0 atom stereocenters. The molecule has 0 bridgehead atoms. The summed E-state index contributed by atoms with van der Waals surface area (Å²) in [5.41, 5.74) is 1.46. The zero-order chi connectivity index (χ0) is 19.1. The zero-order valence-corrected chi connectivity index (χ0v) is 15.7. The fourth-order valence-corrected chi connectivity index (χ4v) is 3.36. The summed E-state index contributed by atoms with van der Waals surface area (Å²) in [5.74, 6) is 1.09. The van der Waals surface area contributed by atoms with Crippen LogP contribution in [0, 0.1) is 0 Å². The standard InChI is InChI=1S/C21H19NO4S/c1-25-21(24)12-16-14-27-20(22-16)13-17(23)11-15-7-5-6-10-19(15)26-18-8-3-2-4-9-18/h2-10,14H,11-13H2,1H3. The van der Waals surface area contributed by atoms with Gasteiger partial charge in [-0.1, -0.05) is 36.4 Å². The van der Waals surface area contributed by atoms with Crippen molar-refractivity contribution in [2.45, 2.75) is 19.3 Å². The minimum Gasteiger partial charge on any atom is -0.469 e. The van der Waals surface area contributed by atoms with Crippen LogP contribution < -0.4 is 4.74 Å². The van der Waals surface area contributed by atoms with E-state index >= 15 is 0 Å². The number of nitrogens with zero attached hydrogens (tertiary/aromatic N) is 1. The van der Waals surface area contributed by atoms with Gasteiger partial charge in [-0.05, 0) is 18.2 Å². The lowest BCUT2D eigenvalue weighted by molar-refractivity contribution is -0.139. The van der Waals surface area contributed by atoms with E-state index in [2.05, 4.69) is 9.72 Å². The fraction of sp³-hybridized carbons (Fsp3) is 0.190. The summed E-state index contributed by atoms with van der Waals surface area (Å²) in [4.78, 5) is 28.1. The highest BCUT2D eigenvalue weighted by Gasteiger charge is 2.13. The van der Waals surface area contributed by atoms with Gasteiger partial charge in [-0.3, -0.25) is 9.59 Å². The summed E-state index contributed by atoms with van der Waals surface area (Å²) < 4.78 is 10.5. The number of para-hydroxylation sites is 2. The molecule has 0 fully saturated rings. The van der Waals surface area contributed by atoms with Crippen LogP contribution in [0.1, 0.15) is 16.3 Å². The molecule has 0 amide bonds. The number of benzene rings is 2. The van der Waals surface area contributed by atoms with Gasteiger partial charge in [0.2, 0.25) is 0 Å². The molecule has 2 aromatic carbocycles. The average molecular weight is 381 g/mol. The maximum atomic E-state index is 12.5. The van der Waals surface area contributed by atoms with Crippen molar-refractivity contribution < 1.29 is 19.1 Å². The van der Waals surface area contributed by atoms with Gasteiger partial charge < -0.3 is 9.47 Å². The Balaban J connectivity index is 1.64. The van der Waals surface area contributed by atoms with Gasteiger partial charge in [-0.25, -0.2) is 4.98 Å². The van der Waals surface area contributed by atoms with Crippen molar-refractivity contribution in [2.24, 2.45) is 0 Å². The first-order valence-corrected chi connectivity index (χ1v) is 9.34. The van der Waals surface area contributed by atoms with E-state index in [-0.39, 0.29) is 31.0 Å². The fourth-order valence-electron chi connectivity index (χ4n) is 2.54. The van der Waals surface area contributed by atoms with Gasteiger partial charge in [0.15, 0.2) is 0 Å². The summed E-state index contributed by atoms with van der Waals surface area (Å²) in [6.45, 7) is 0. The molecule has 138 valence electrons. The molecule has 0 saturated carbocycles. The predicted molar refractivity (Wildman–Crippen MR) is 103 cm³/mol. The quantitative estimate of drug-likeness (QED) is 0.552. The summed E-state index contributed by atoms with van der Waals surface area (Å²) in [7, 11) is 1.34. The topological polar surface area (TPSA) is 65.5 Å². The number of rotatable bonds is 8. The van der Waals surface area contributed by atoms with Gasteiger partial charge in [0.1, 0.15) is 22.3 Å². The van der Waals surface area contributed by atoms with Crippen molar-refractivity contribution in [1.82, 2.24) is 4.98 Å². The van der Waals surface area contributed by atoms with E-state index in [9.17, 15) is 9.59 Å². The van der Waals surface area contributed by atoms with Crippen LogP contribution in [0.5, 0.6) is 11.5 Å². The van der Waals surface area contributed by atoms with Crippen molar-refractivity contribution in [3.63, 3.8) is 0 Å². The van der Waals surface area contributed by atoms with Crippen LogP contribution in [0.25, 0.3) is 0 Å². The largest absolute Gasteiger partial charge is 0.469 e. The van der Waals surface area contributed by atoms with E-state index in [1.165, 1.54) is 18.4 Å². The monoisotopic (exact) mass is 381 g/mol. The molecule has 0 N–H and O–H groups in total. The van der Waals surface area contributed by atoms with E-state index < -0.39 is 0 Å². The van der Waals surface area contributed by atoms with Crippen LogP contribution in [-0.4, -0.2) is 23.8 Å². The molecular formula is C21H19NO4S. The Bertz CT molecular complexity index is 921. The van der Waals surface area contributed by atoms with Crippen molar-refractivity contribution in [1.29, 1.82) is 0 Å². The molecular weight excluding hydrogens is 362 g/mol. The number of thiazole rings is 1. The van der Waals surface area contributed by atoms with Gasteiger partial charge >= 0.3 is 5.97 Å². The number of Topliss-reactive ketones (excluding diaryl/α,β-unsaturated/α-hetero) is 1. The molecule has 0 radical (unpaired) electrons. The smallest absolute Gasteiger partial charge is 0.311 e. The number of aromatic nitrogens is 1. The third-order valence-corrected chi connectivity index (χ3v) is 4.73. The van der Waals surface area contributed by atoms with Crippen LogP contribution in [0.2, 0.25) is 0 Å². The minimum absolute atomic E-state index is 0.0399. The normalized spacial score (nSPS) is 10.4. The van der Waals surface area contributed by atoms with Crippen molar-refractivity contribution in [3.8, 4) is 11.5 Å². The summed E-state index contributed by atoms with van der Waals surface area (Å²) in [6, 6.07) is 17.0. The molecule has 5 nitrogen and oxygen atoms in total. The molecule has 0 spiro atoms. The van der Waals surface area contributed by atoms with Crippen LogP contribution in [0.15, 0.2) is 60.0 Å². The van der Waals surface area contributed by atoms with Gasteiger partial charge in [0, 0.05) is 17.4 Å². The third-order valence-electron chi connectivity index (χ3n) is 3.83. The summed E-state index contributed by atoms with van der Waals surface area (Å²) in [6.07, 6.45) is 0.607. The number of hydrogen-bond acceptors (Lipinski definition) is 6. The molecule has 3 rings (SSSR count). The second-order valence-corrected chi connectivity index (χ2v) is 6.84.